The van der Waals surface area contributed by atoms with Crippen LogP contribution in [0, 0.1) is 73.1 Å². The zero-order valence-corrected chi connectivity index (χ0v) is 59.8. The van der Waals surface area contributed by atoms with E-state index < -0.39 is 87.4 Å². The van der Waals surface area contributed by atoms with Gasteiger partial charge in [0.2, 0.25) is 0 Å². The van der Waals surface area contributed by atoms with Crippen molar-refractivity contribution < 1.29 is 80.1 Å². The van der Waals surface area contributed by atoms with Crippen LogP contribution in [0.1, 0.15) is 109 Å². The Morgan fingerprint density at radius 3 is 0.704 bits per heavy atom. The van der Waals surface area contributed by atoms with E-state index in [1.54, 1.807) is 39.0 Å². The molecular weight excluding hydrogens is 1410 g/mol. The zero-order valence-electron chi connectivity index (χ0n) is 59.8. The number of hydrogen-bond acceptors (Lipinski definition) is 3. The third-order valence-electron chi connectivity index (χ3n) is 17.9. The summed E-state index contributed by atoms with van der Waals surface area (Å²) < 4.78 is 235. The molecule has 0 aromatic heterocycles. The quantitative estimate of drug-likeness (QED) is 0.0446. The molecule has 18 heteroatoms. The molecule has 0 amide bonds. The van der Waals surface area contributed by atoms with E-state index in [1.165, 1.54) is 126 Å². The van der Waals surface area contributed by atoms with Crippen molar-refractivity contribution in [3.63, 3.8) is 0 Å². The van der Waals surface area contributed by atoms with Crippen molar-refractivity contribution in [1.29, 1.82) is 0 Å². The van der Waals surface area contributed by atoms with Crippen LogP contribution in [-0.4, -0.2) is 0 Å². The van der Waals surface area contributed by atoms with E-state index in [0.717, 1.165) is 91.2 Å². The first kappa shape index (κ1) is 79.6. The molecule has 108 heavy (non-hydrogen) atoms. The molecule has 0 radical (unpaired) electrons. The Kier molecular flexibility index (Phi) is 25.9. The van der Waals surface area contributed by atoms with Crippen LogP contribution in [0.2, 0.25) is 0 Å². The van der Waals surface area contributed by atoms with Gasteiger partial charge in [-0.2, -0.15) is 26.3 Å². The van der Waals surface area contributed by atoms with Gasteiger partial charge in [0.25, 0.3) is 0 Å². The summed E-state index contributed by atoms with van der Waals surface area (Å²) in [6.07, 6.45) is -3.33. The van der Waals surface area contributed by atoms with Crippen molar-refractivity contribution in [2.75, 3.05) is 0 Å². The lowest BCUT2D eigenvalue weighted by molar-refractivity contribution is -0.190. The van der Waals surface area contributed by atoms with Gasteiger partial charge >= 0.3 is 18.3 Å². The average molecular weight is 1490 g/mol. The van der Waals surface area contributed by atoms with Crippen LogP contribution in [-0.2, 0) is 37.6 Å². The van der Waals surface area contributed by atoms with Crippen molar-refractivity contribution in [3.05, 3.63) is 339 Å². The number of unbranched alkanes of at least 4 members (excludes halogenated alkanes) is 3. The SMILES string of the molecule is CCCCCc1ccc(-c2ccc(-c3cc(F)c(C(F)(F)Oc4ccc(C)cc4)c(F)c3)c(F)c2)cc1.CCCCc1ccc(-c2ccc(-c3cc(F)c(C(F)(F)Oc4ccc(C)cc4)c(F)c3)c(F)c2)cc1.CCCc1ccc(-c2ccc(-c3cc(F)c(C(F)(F)Oc4ccc(C)cc4)c(F)c3)c(F)c2)cc1. The highest BCUT2D eigenvalue weighted by molar-refractivity contribution is 5.75. The minimum Gasteiger partial charge on any atom is -0.429 e. The highest BCUT2D eigenvalue weighted by Crippen LogP contribution is 2.43. The Balaban J connectivity index is 0.000000173. The molecule has 0 spiro atoms. The van der Waals surface area contributed by atoms with E-state index in [0.29, 0.717) is 53.1 Å². The third-order valence-corrected chi connectivity index (χ3v) is 17.9. The van der Waals surface area contributed by atoms with Crippen LogP contribution >= 0.6 is 0 Å². The normalized spacial score (nSPS) is 11.5. The lowest BCUT2D eigenvalue weighted by atomic mass is 9.97. The number of benzene rings is 12. The first-order valence-electron chi connectivity index (χ1n) is 35.1. The van der Waals surface area contributed by atoms with E-state index in [9.17, 15) is 61.5 Å². The fraction of sp³-hybridized carbons (Fsp3) is 0.200. The van der Waals surface area contributed by atoms with Gasteiger partial charge in [0, 0.05) is 16.7 Å². The van der Waals surface area contributed by atoms with E-state index in [2.05, 4.69) is 35.0 Å². The number of aryl methyl sites for hydroxylation is 6. The van der Waals surface area contributed by atoms with Crippen LogP contribution < -0.4 is 14.2 Å². The van der Waals surface area contributed by atoms with Crippen molar-refractivity contribution in [2.24, 2.45) is 0 Å². The standard InChI is InChI=1S/C31H27F5O.C30H25F5O.C29H23F5O/c1-3-4-5-6-21-9-11-22(12-10-21)23-13-16-26(27(32)17-23)24-18-28(33)30(29(34)19-24)31(35,36)37-25-14-7-20(2)8-15-25;1-3-4-5-20-8-10-21(11-9-20)22-12-15-25(26(31)16-22)23-17-27(32)29(28(33)18-23)30(34,35)36-24-13-6-19(2)7-14-24;1-3-4-19-7-9-20(10-8-19)21-11-14-24(25(30)15-21)22-16-26(31)28(27(32)17-22)29(33,34)35-23-12-5-18(2)6-13-23/h7-19H,3-6H2,1-2H3;6-18H,3-5H2,1-2H3;5-17H,3-4H2,1-2H3. The number of hydrogen-bond donors (Lipinski definition) is 0. The van der Waals surface area contributed by atoms with Crippen LogP contribution in [0.5, 0.6) is 17.2 Å². The summed E-state index contributed by atoms with van der Waals surface area (Å²) in [4.78, 5) is 0. The van der Waals surface area contributed by atoms with Crippen LogP contribution in [0.15, 0.2) is 237 Å². The Morgan fingerprint density at radius 2 is 0.463 bits per heavy atom. The van der Waals surface area contributed by atoms with Gasteiger partial charge in [0.05, 0.1) is 0 Å². The topological polar surface area (TPSA) is 27.7 Å². The Morgan fingerprint density at radius 1 is 0.231 bits per heavy atom. The largest absolute Gasteiger partial charge is 0.432 e. The molecule has 0 aliphatic rings. The molecule has 0 saturated heterocycles. The number of ether oxygens (including phenoxy) is 3. The predicted octanol–water partition coefficient (Wildman–Crippen LogP) is 27.7. The van der Waals surface area contributed by atoms with Crippen LogP contribution in [0.25, 0.3) is 66.8 Å². The van der Waals surface area contributed by atoms with Gasteiger partial charge in [-0.05, 0) is 211 Å². The van der Waals surface area contributed by atoms with E-state index in [4.69, 9.17) is 0 Å². The monoisotopic (exact) mass is 1490 g/mol. The van der Waals surface area contributed by atoms with E-state index in [-0.39, 0.29) is 50.6 Å². The number of rotatable bonds is 24. The fourth-order valence-corrected chi connectivity index (χ4v) is 12.1. The summed E-state index contributed by atoms with van der Waals surface area (Å²) in [5.41, 5.74) is 4.62. The zero-order chi connectivity index (χ0) is 77.6. The molecule has 0 aliphatic carbocycles. The van der Waals surface area contributed by atoms with E-state index in [1.807, 2.05) is 72.8 Å². The van der Waals surface area contributed by atoms with Gasteiger partial charge in [-0.1, -0.05) is 209 Å². The maximum absolute atomic E-state index is 15.0. The minimum absolute atomic E-state index is 0.105. The Labute approximate surface area is 617 Å². The molecule has 0 saturated carbocycles. The summed E-state index contributed by atoms with van der Waals surface area (Å²) >= 11 is 0. The minimum atomic E-state index is -4.27. The first-order valence-corrected chi connectivity index (χ1v) is 35.1. The number of alkyl halides is 6. The third kappa shape index (κ3) is 20.0. The summed E-state index contributed by atoms with van der Waals surface area (Å²) in [6, 6.07) is 57.0. The number of halogens is 15. The Hall–Kier alpha value is -11.0. The molecule has 558 valence electrons. The molecule has 0 fully saturated rings. The summed E-state index contributed by atoms with van der Waals surface area (Å²) in [5, 5.41) is 0. The molecule has 0 atom stereocenters. The highest BCUT2D eigenvalue weighted by atomic mass is 19.3. The maximum atomic E-state index is 15.0. The van der Waals surface area contributed by atoms with Gasteiger partial charge in [-0.3, -0.25) is 0 Å². The van der Waals surface area contributed by atoms with Crippen LogP contribution in [0.3, 0.4) is 0 Å². The van der Waals surface area contributed by atoms with Gasteiger partial charge in [0.1, 0.15) is 86.3 Å². The van der Waals surface area contributed by atoms with Gasteiger partial charge < -0.3 is 14.2 Å². The summed E-state index contributed by atoms with van der Waals surface area (Å²) in [7, 11) is 0. The van der Waals surface area contributed by atoms with Gasteiger partial charge in [0.15, 0.2) is 0 Å². The molecule has 12 aromatic carbocycles. The molecule has 12 rings (SSSR count). The molecular formula is C90H75F15O3. The average Bonchev–Trinajstić information content (AvgIpc) is 0.781. The molecule has 0 heterocycles. The second kappa shape index (κ2) is 35.1. The smallest absolute Gasteiger partial charge is 0.429 e. The van der Waals surface area contributed by atoms with Gasteiger partial charge in [-0.15, -0.1) is 0 Å². The summed E-state index contributed by atoms with van der Waals surface area (Å²) in [5.74, 6) is -12.1. The highest BCUT2D eigenvalue weighted by Gasteiger charge is 2.44. The molecule has 0 bridgehead atoms. The Bertz CT molecular complexity index is 4970. The van der Waals surface area contributed by atoms with E-state index >= 15 is 4.39 Å². The molecule has 3 nitrogen and oxygen atoms in total. The van der Waals surface area contributed by atoms with Crippen molar-refractivity contribution >= 4 is 0 Å². The maximum Gasteiger partial charge on any atom is 0.432 e. The lowest BCUT2D eigenvalue weighted by Crippen LogP contribution is -2.25. The molecule has 0 N–H and O–H groups in total. The molecule has 12 aromatic rings. The van der Waals surface area contributed by atoms with Crippen molar-refractivity contribution in [3.8, 4) is 84.0 Å². The lowest BCUT2D eigenvalue weighted by Gasteiger charge is -2.20. The molecule has 0 aliphatic heterocycles. The fourth-order valence-electron chi connectivity index (χ4n) is 12.1. The van der Waals surface area contributed by atoms with Crippen LogP contribution in [0.4, 0.5) is 65.9 Å². The second-order valence-corrected chi connectivity index (χ2v) is 26.2. The van der Waals surface area contributed by atoms with Crippen molar-refractivity contribution in [2.45, 2.75) is 118 Å². The second-order valence-electron chi connectivity index (χ2n) is 26.2. The van der Waals surface area contributed by atoms with Gasteiger partial charge in [-0.25, -0.2) is 39.5 Å². The first-order chi connectivity index (χ1) is 51.5. The van der Waals surface area contributed by atoms with Crippen molar-refractivity contribution in [1.82, 2.24) is 0 Å². The molecule has 0 unspecified atom stereocenters. The predicted molar refractivity (Wildman–Crippen MR) is 395 cm³/mol. The summed E-state index contributed by atoms with van der Waals surface area (Å²) in [6.45, 7) is 11.6.